The predicted octanol–water partition coefficient (Wildman–Crippen LogP) is 12.1. The van der Waals surface area contributed by atoms with Gasteiger partial charge in [0.15, 0.2) is 0 Å². The summed E-state index contributed by atoms with van der Waals surface area (Å²) in [4.78, 5) is 67.7. The Hall–Kier alpha value is -7.49. The molecule has 3 aromatic carbocycles. The lowest BCUT2D eigenvalue weighted by Crippen LogP contribution is -2.49. The molecule has 0 amide bonds. The van der Waals surface area contributed by atoms with E-state index in [0.717, 1.165) is 93.7 Å². The Morgan fingerprint density at radius 3 is 1.18 bits per heavy atom. The van der Waals surface area contributed by atoms with Gasteiger partial charge < -0.3 is 30.2 Å². The highest BCUT2D eigenvalue weighted by Crippen LogP contribution is 2.23. The van der Waals surface area contributed by atoms with Crippen molar-refractivity contribution in [3.05, 3.63) is 108 Å². The normalized spacial score (nSPS) is 15.3. The highest BCUT2D eigenvalue weighted by atomic mass is 16.5. The van der Waals surface area contributed by atoms with Crippen molar-refractivity contribution in [2.45, 2.75) is 119 Å². The minimum Gasteiger partial charge on any atom is -0.462 e. The van der Waals surface area contributed by atoms with Gasteiger partial charge in [0.25, 0.3) is 0 Å². The number of unbranched alkanes of at least 4 members (excludes halogenated alkanes) is 3. The highest BCUT2D eigenvalue weighted by molar-refractivity contribution is 6.32. The molecule has 3 unspecified atom stereocenters. The van der Waals surface area contributed by atoms with E-state index in [1.54, 1.807) is 23.1 Å². The number of aliphatic imine (C=N–C) groups is 6. The van der Waals surface area contributed by atoms with E-state index in [0.29, 0.717) is 54.6 Å². The molecule has 3 aliphatic heterocycles. The quantitative estimate of drug-likeness (QED) is 0.0376. The number of anilines is 3. The smallest absolute Gasteiger partial charge is 0.330 e. The van der Waals surface area contributed by atoms with E-state index in [1.807, 2.05) is 72.8 Å². The number of nitrogens with zero attached hydrogens (tertiary/aromatic N) is 7. The summed E-state index contributed by atoms with van der Waals surface area (Å²) in [5, 5.41) is 9.81. The Labute approximate surface area is 430 Å². The zero-order valence-electron chi connectivity index (χ0n) is 43.3. The topological polar surface area (TPSA) is 192 Å². The van der Waals surface area contributed by atoms with Crippen molar-refractivity contribution in [3.63, 3.8) is 0 Å². The third kappa shape index (κ3) is 17.9. The molecule has 0 aromatic heterocycles. The molecule has 0 spiro atoms. The molecular formula is C57H72N10O6. The summed E-state index contributed by atoms with van der Waals surface area (Å²) in [5.74, 6) is 1.24. The maximum atomic E-state index is 12.6. The van der Waals surface area contributed by atoms with Crippen LogP contribution in [-0.4, -0.2) is 78.4 Å². The summed E-state index contributed by atoms with van der Waals surface area (Å²) >= 11 is 0. The molecular weight excluding hydrogens is 921 g/mol. The number of ether oxygens (including phenoxy) is 3. The average Bonchev–Trinajstić information content (AvgIpc) is 3.40. The highest BCUT2D eigenvalue weighted by Gasteiger charge is 2.35. The molecule has 3 atom stereocenters. The van der Waals surface area contributed by atoms with Crippen LogP contribution in [0.15, 0.2) is 121 Å². The number of hydrogen-bond acceptors (Lipinski definition) is 16. The van der Waals surface area contributed by atoms with E-state index < -0.39 is 0 Å². The lowest BCUT2D eigenvalue weighted by Gasteiger charge is -2.30. The molecule has 3 aliphatic rings. The molecule has 16 heteroatoms. The minimum absolute atomic E-state index is 0.204. The van der Waals surface area contributed by atoms with Crippen molar-refractivity contribution in [1.82, 2.24) is 4.90 Å². The van der Waals surface area contributed by atoms with E-state index in [4.69, 9.17) is 44.2 Å². The fraction of sp³-hybridized carbons (Fsp3) is 0.421. The summed E-state index contributed by atoms with van der Waals surface area (Å²) in [6, 6.07) is 22.4. The summed E-state index contributed by atoms with van der Waals surface area (Å²) in [6.07, 6.45) is 22.2. The summed E-state index contributed by atoms with van der Waals surface area (Å²) < 4.78 is 16.6. The van der Waals surface area contributed by atoms with E-state index >= 15 is 0 Å². The lowest BCUT2D eigenvalue weighted by atomic mass is 10.0. The van der Waals surface area contributed by atoms with E-state index in [2.05, 4.69) is 57.5 Å². The van der Waals surface area contributed by atoms with Gasteiger partial charge in [0.1, 0.15) is 0 Å². The van der Waals surface area contributed by atoms with Crippen LogP contribution in [0, 0.1) is 17.8 Å². The third-order valence-corrected chi connectivity index (χ3v) is 12.6. The van der Waals surface area contributed by atoms with Crippen molar-refractivity contribution in [2.75, 3.05) is 35.8 Å². The van der Waals surface area contributed by atoms with Crippen LogP contribution in [0.2, 0.25) is 0 Å². The first-order valence-electron chi connectivity index (χ1n) is 26.1. The van der Waals surface area contributed by atoms with Gasteiger partial charge in [-0.15, -0.1) is 0 Å². The molecule has 386 valence electrons. The van der Waals surface area contributed by atoms with E-state index in [1.165, 1.54) is 18.2 Å². The number of nitrogens with one attached hydrogen (secondary N) is 3. The number of benzene rings is 3. The molecule has 3 aromatic rings. The average molecular weight is 993 g/mol. The van der Waals surface area contributed by atoms with Crippen LogP contribution in [0.3, 0.4) is 0 Å². The molecule has 73 heavy (non-hydrogen) atoms. The predicted molar refractivity (Wildman–Crippen MR) is 297 cm³/mol. The van der Waals surface area contributed by atoms with Gasteiger partial charge >= 0.3 is 17.9 Å². The van der Waals surface area contributed by atoms with Crippen molar-refractivity contribution in [2.24, 2.45) is 47.7 Å². The molecule has 0 bridgehead atoms. The molecule has 0 radical (unpaired) electrons. The van der Waals surface area contributed by atoms with Gasteiger partial charge in [0, 0.05) is 35.3 Å². The number of esters is 3. The first-order chi connectivity index (χ1) is 35.6. The standard InChI is InChI=1S/C57H72N10O6/c1-7-13-17-40(10-4)37-71-49(68)33-26-43-22-29-46(30-23-43)58-52-61-55-62-53(59-47-31-24-44(25-32-47)27-34-50(69)72-38-41(11-5)18-14-8-2)64-57-66-54(65-56(63-52)67(55)57)60-48-21-16-20-45(36-48)28-35-51(70)73-39-42(12-6)19-15-9-3/h16,20-36,40-42H,7-15,17-19,37-39H2,1-6H3,(H3,58,59,60,61,62,63,64,65,66)/b33-26+,34-27+,35-28+. The molecule has 6 rings (SSSR count). The summed E-state index contributed by atoms with van der Waals surface area (Å²) in [7, 11) is 0. The SMILES string of the molecule is CCCCC(CC)COC(=O)/C=C/c1ccc(NC2=NC3=NC(Nc4ccc(/C=C/C(=O)OCC(CC)CCCC)cc4)=NC4=NC(Nc5cccc(/C=C/C(=O)OCC(CC)CCCC)c5)=NC(=N2)N34)cc1. The molecule has 3 heterocycles. The van der Waals surface area contributed by atoms with E-state index in [-0.39, 0.29) is 53.7 Å². The van der Waals surface area contributed by atoms with E-state index in [9.17, 15) is 14.4 Å². The summed E-state index contributed by atoms with van der Waals surface area (Å²) in [5.41, 5.74) is 4.42. The van der Waals surface area contributed by atoms with Crippen LogP contribution < -0.4 is 16.0 Å². The van der Waals surface area contributed by atoms with Crippen LogP contribution >= 0.6 is 0 Å². The first-order valence-corrected chi connectivity index (χ1v) is 26.1. The number of guanidine groups is 6. The van der Waals surface area contributed by atoms with Gasteiger partial charge in [0.05, 0.1) is 19.8 Å². The monoisotopic (exact) mass is 993 g/mol. The molecule has 0 saturated carbocycles. The molecule has 0 fully saturated rings. The van der Waals surface area contributed by atoms with Crippen molar-refractivity contribution in [1.29, 1.82) is 0 Å². The molecule has 0 aliphatic carbocycles. The van der Waals surface area contributed by atoms with Gasteiger partial charge in [-0.2, -0.15) is 30.0 Å². The fourth-order valence-corrected chi connectivity index (χ4v) is 7.85. The van der Waals surface area contributed by atoms with Gasteiger partial charge in [-0.1, -0.05) is 136 Å². The van der Waals surface area contributed by atoms with Crippen molar-refractivity contribution in [3.8, 4) is 0 Å². The van der Waals surface area contributed by atoms with Crippen molar-refractivity contribution >= 4 is 89.0 Å². The second-order valence-electron chi connectivity index (χ2n) is 18.3. The Balaban J connectivity index is 1.18. The number of rotatable bonds is 27. The maximum Gasteiger partial charge on any atom is 0.330 e. The number of hydrogen-bond donors (Lipinski definition) is 3. The summed E-state index contributed by atoms with van der Waals surface area (Å²) in [6.45, 7) is 14.1. The zero-order valence-corrected chi connectivity index (χ0v) is 43.3. The Bertz CT molecular complexity index is 2520. The first kappa shape index (κ1) is 54.8. The molecule has 16 nitrogen and oxygen atoms in total. The maximum absolute atomic E-state index is 12.6. The van der Waals surface area contributed by atoms with Crippen LogP contribution in [-0.2, 0) is 28.6 Å². The van der Waals surface area contributed by atoms with Crippen LogP contribution in [0.25, 0.3) is 18.2 Å². The van der Waals surface area contributed by atoms with Gasteiger partial charge in [-0.25, -0.2) is 19.3 Å². The lowest BCUT2D eigenvalue weighted by molar-refractivity contribution is -0.140. The van der Waals surface area contributed by atoms with Gasteiger partial charge in [-0.3, -0.25) is 0 Å². The largest absolute Gasteiger partial charge is 0.462 e. The van der Waals surface area contributed by atoms with Gasteiger partial charge in [0.2, 0.25) is 35.8 Å². The van der Waals surface area contributed by atoms with Crippen LogP contribution in [0.5, 0.6) is 0 Å². The van der Waals surface area contributed by atoms with Crippen LogP contribution in [0.4, 0.5) is 17.1 Å². The second kappa shape index (κ2) is 29.1. The van der Waals surface area contributed by atoms with Crippen molar-refractivity contribution < 1.29 is 28.6 Å². The Morgan fingerprint density at radius 2 is 0.822 bits per heavy atom. The Morgan fingerprint density at radius 1 is 0.466 bits per heavy atom. The number of carbonyl (C=O) groups excluding carboxylic acids is 3. The second-order valence-corrected chi connectivity index (χ2v) is 18.3. The van der Waals surface area contributed by atoms with Gasteiger partial charge in [-0.05, 0) is 108 Å². The molecule has 0 saturated heterocycles. The van der Waals surface area contributed by atoms with Crippen LogP contribution in [0.1, 0.15) is 135 Å². The number of carbonyl (C=O) groups is 3. The molecule has 3 N–H and O–H groups in total. The minimum atomic E-state index is -0.388. The zero-order chi connectivity index (χ0) is 51.8. The fourth-order valence-electron chi connectivity index (χ4n) is 7.85. The third-order valence-electron chi connectivity index (χ3n) is 12.6. The Kier molecular flexibility index (Phi) is 21.9.